The average Bonchev–Trinajstić information content (AvgIpc) is 2.42. The lowest BCUT2D eigenvalue weighted by Crippen LogP contribution is -2.07. The molecule has 1 N–H and O–H groups in total. The molecule has 0 saturated carbocycles. The number of hydrogen-bond acceptors (Lipinski definition) is 2. The Bertz CT molecular complexity index is 633. The number of carboxylic acids is 1. The quantitative estimate of drug-likeness (QED) is 0.645. The molecule has 3 nitrogen and oxygen atoms in total. The van der Waals surface area contributed by atoms with Gasteiger partial charge in [0.05, 0.1) is 0 Å². The summed E-state index contributed by atoms with van der Waals surface area (Å²) in [5.74, 6) is -0.877. The summed E-state index contributed by atoms with van der Waals surface area (Å²) in [5, 5.41) is 9.74. The highest BCUT2D eigenvalue weighted by Gasteiger charge is 2.10. The lowest BCUT2D eigenvalue weighted by atomic mass is 10.2. The second kappa shape index (κ2) is 6.59. The third-order valence-electron chi connectivity index (χ3n) is 2.42. The molecule has 0 unspecified atom stereocenters. The van der Waals surface area contributed by atoms with Crippen LogP contribution in [0.4, 0.5) is 0 Å². The standard InChI is InChI=1S/C15H10BrClO3/c16-11-3-1-10(2-4-11)9-14(15(18)19)20-13-7-5-12(17)6-8-13/h1-9H,(H,18,19)/b14-9+. The van der Waals surface area contributed by atoms with Crippen LogP contribution >= 0.6 is 27.5 Å². The third kappa shape index (κ3) is 4.11. The maximum absolute atomic E-state index is 11.2. The molecule has 0 amide bonds. The molecule has 2 aromatic carbocycles. The van der Waals surface area contributed by atoms with Crippen LogP contribution in [-0.2, 0) is 4.79 Å². The highest BCUT2D eigenvalue weighted by Crippen LogP contribution is 2.20. The van der Waals surface area contributed by atoms with E-state index in [0.29, 0.717) is 10.8 Å². The first kappa shape index (κ1) is 14.6. The second-order valence-corrected chi connectivity index (χ2v) is 5.27. The first-order chi connectivity index (χ1) is 9.54. The van der Waals surface area contributed by atoms with Crippen LogP contribution in [0.3, 0.4) is 0 Å². The molecule has 0 aromatic heterocycles. The van der Waals surface area contributed by atoms with Crippen LogP contribution in [0.1, 0.15) is 5.56 Å². The molecule has 102 valence electrons. The number of ether oxygens (including phenoxy) is 1. The lowest BCUT2D eigenvalue weighted by molar-refractivity contribution is -0.134. The van der Waals surface area contributed by atoms with E-state index in [1.165, 1.54) is 6.08 Å². The predicted molar refractivity (Wildman–Crippen MR) is 81.8 cm³/mol. The van der Waals surface area contributed by atoms with Crippen LogP contribution in [-0.4, -0.2) is 11.1 Å². The van der Waals surface area contributed by atoms with Crippen LogP contribution in [0.2, 0.25) is 5.02 Å². The van der Waals surface area contributed by atoms with Gasteiger partial charge in [-0.3, -0.25) is 0 Å². The van der Waals surface area contributed by atoms with E-state index in [-0.39, 0.29) is 5.76 Å². The number of carboxylic acid groups (broad SMARTS) is 1. The second-order valence-electron chi connectivity index (χ2n) is 3.92. The summed E-state index contributed by atoms with van der Waals surface area (Å²) < 4.78 is 6.28. The summed E-state index contributed by atoms with van der Waals surface area (Å²) in [6.07, 6.45) is 1.46. The van der Waals surface area contributed by atoms with E-state index in [1.807, 2.05) is 12.1 Å². The zero-order valence-electron chi connectivity index (χ0n) is 10.2. The maximum Gasteiger partial charge on any atom is 0.371 e. The third-order valence-corrected chi connectivity index (χ3v) is 3.20. The van der Waals surface area contributed by atoms with Crippen LogP contribution in [0, 0.1) is 0 Å². The highest BCUT2D eigenvalue weighted by molar-refractivity contribution is 9.10. The predicted octanol–water partition coefficient (Wildman–Crippen LogP) is 4.61. The van der Waals surface area contributed by atoms with E-state index in [9.17, 15) is 9.90 Å². The van der Waals surface area contributed by atoms with Crippen molar-refractivity contribution in [2.75, 3.05) is 0 Å². The van der Waals surface area contributed by atoms with Crippen molar-refractivity contribution in [3.63, 3.8) is 0 Å². The van der Waals surface area contributed by atoms with Crippen LogP contribution in [0.5, 0.6) is 5.75 Å². The molecular weight excluding hydrogens is 344 g/mol. The Labute approximate surface area is 129 Å². The van der Waals surface area contributed by atoms with E-state index in [0.717, 1.165) is 10.0 Å². The first-order valence-corrected chi connectivity index (χ1v) is 6.85. The molecular formula is C15H10BrClO3. The smallest absolute Gasteiger partial charge is 0.371 e. The summed E-state index contributed by atoms with van der Waals surface area (Å²) in [5.41, 5.74) is 0.736. The normalized spacial score (nSPS) is 11.2. The Balaban J connectivity index is 2.25. The molecule has 2 rings (SSSR count). The Morgan fingerprint density at radius 1 is 1.10 bits per heavy atom. The average molecular weight is 354 g/mol. The Morgan fingerprint density at radius 2 is 1.70 bits per heavy atom. The lowest BCUT2D eigenvalue weighted by Gasteiger charge is -2.06. The van der Waals surface area contributed by atoms with Gasteiger partial charge < -0.3 is 9.84 Å². The topological polar surface area (TPSA) is 46.5 Å². The minimum Gasteiger partial charge on any atom is -0.475 e. The SMILES string of the molecule is O=C(O)/C(=C\c1ccc(Br)cc1)Oc1ccc(Cl)cc1. The molecule has 0 spiro atoms. The summed E-state index contributed by atoms with van der Waals surface area (Å²) in [7, 11) is 0. The van der Waals surface area contributed by atoms with E-state index in [4.69, 9.17) is 16.3 Å². The molecule has 0 saturated heterocycles. The number of rotatable bonds is 4. The van der Waals surface area contributed by atoms with Crippen molar-refractivity contribution in [1.29, 1.82) is 0 Å². The Morgan fingerprint density at radius 3 is 2.25 bits per heavy atom. The molecule has 0 aliphatic carbocycles. The number of hydrogen-bond donors (Lipinski definition) is 1. The summed E-state index contributed by atoms with van der Waals surface area (Å²) >= 11 is 9.08. The van der Waals surface area contributed by atoms with E-state index in [1.54, 1.807) is 36.4 Å². The fraction of sp³-hybridized carbons (Fsp3) is 0. The van der Waals surface area contributed by atoms with Gasteiger partial charge in [-0.1, -0.05) is 39.7 Å². The van der Waals surface area contributed by atoms with Gasteiger partial charge >= 0.3 is 5.97 Å². The molecule has 0 aliphatic rings. The zero-order chi connectivity index (χ0) is 14.5. The van der Waals surface area contributed by atoms with Crippen LogP contribution in [0.15, 0.2) is 58.8 Å². The Kier molecular flexibility index (Phi) is 4.82. The van der Waals surface area contributed by atoms with E-state index < -0.39 is 5.97 Å². The molecule has 0 aliphatic heterocycles. The van der Waals surface area contributed by atoms with Crippen LogP contribution in [0.25, 0.3) is 6.08 Å². The molecule has 2 aromatic rings. The molecule has 0 atom stereocenters. The fourth-order valence-corrected chi connectivity index (χ4v) is 1.87. The van der Waals surface area contributed by atoms with Gasteiger partial charge in [-0.2, -0.15) is 0 Å². The van der Waals surface area contributed by atoms with Gasteiger partial charge in [-0.25, -0.2) is 4.79 Å². The highest BCUT2D eigenvalue weighted by atomic mass is 79.9. The van der Waals surface area contributed by atoms with Gasteiger partial charge in [0.15, 0.2) is 0 Å². The van der Waals surface area contributed by atoms with Crippen molar-refractivity contribution >= 4 is 39.6 Å². The van der Waals surface area contributed by atoms with Crippen molar-refractivity contribution in [3.05, 3.63) is 69.3 Å². The minimum atomic E-state index is -1.14. The fourth-order valence-electron chi connectivity index (χ4n) is 1.47. The number of carbonyl (C=O) groups is 1. The summed E-state index contributed by atoms with van der Waals surface area (Å²) in [6.45, 7) is 0. The van der Waals surface area contributed by atoms with Crippen molar-refractivity contribution in [2.24, 2.45) is 0 Å². The van der Waals surface area contributed by atoms with Gasteiger partial charge in [0.25, 0.3) is 0 Å². The minimum absolute atomic E-state index is 0.158. The van der Waals surface area contributed by atoms with Gasteiger partial charge in [0.1, 0.15) is 5.75 Å². The van der Waals surface area contributed by atoms with E-state index in [2.05, 4.69) is 15.9 Å². The zero-order valence-corrected chi connectivity index (χ0v) is 12.6. The number of aliphatic carboxylic acids is 1. The summed E-state index contributed by atoms with van der Waals surface area (Å²) in [6, 6.07) is 13.7. The molecule has 0 fully saturated rings. The number of halogens is 2. The number of benzene rings is 2. The van der Waals surface area contributed by atoms with Gasteiger partial charge in [-0.05, 0) is 48.0 Å². The summed E-state index contributed by atoms with van der Waals surface area (Å²) in [4.78, 5) is 11.2. The Hall–Kier alpha value is -1.78. The van der Waals surface area contributed by atoms with Gasteiger partial charge in [0.2, 0.25) is 5.76 Å². The molecule has 0 radical (unpaired) electrons. The molecule has 0 heterocycles. The van der Waals surface area contributed by atoms with Crippen molar-refractivity contribution in [2.45, 2.75) is 0 Å². The van der Waals surface area contributed by atoms with Gasteiger partial charge in [-0.15, -0.1) is 0 Å². The van der Waals surface area contributed by atoms with Crippen LogP contribution < -0.4 is 4.74 Å². The van der Waals surface area contributed by atoms with E-state index >= 15 is 0 Å². The largest absolute Gasteiger partial charge is 0.475 e. The van der Waals surface area contributed by atoms with Crippen molar-refractivity contribution in [1.82, 2.24) is 0 Å². The molecule has 0 bridgehead atoms. The molecule has 20 heavy (non-hydrogen) atoms. The van der Waals surface area contributed by atoms with Crippen molar-refractivity contribution in [3.8, 4) is 5.75 Å². The maximum atomic E-state index is 11.2. The molecule has 5 heteroatoms. The van der Waals surface area contributed by atoms with Crippen molar-refractivity contribution < 1.29 is 14.6 Å². The first-order valence-electron chi connectivity index (χ1n) is 5.68. The van der Waals surface area contributed by atoms with Gasteiger partial charge in [0, 0.05) is 9.50 Å². The monoisotopic (exact) mass is 352 g/mol.